The van der Waals surface area contributed by atoms with E-state index in [0.29, 0.717) is 12.0 Å². The predicted octanol–water partition coefficient (Wildman–Crippen LogP) is 3.65. The second-order valence-corrected chi connectivity index (χ2v) is 5.27. The first-order chi connectivity index (χ1) is 6.83. The Morgan fingerprint density at radius 2 is 2.21 bits per heavy atom. The molecule has 2 rings (SSSR count). The summed E-state index contributed by atoms with van der Waals surface area (Å²) in [6.07, 6.45) is 5.27. The van der Waals surface area contributed by atoms with Crippen molar-refractivity contribution in [3.63, 3.8) is 0 Å². The van der Waals surface area contributed by atoms with Crippen LogP contribution in [-0.4, -0.2) is 13.1 Å². The van der Waals surface area contributed by atoms with Crippen molar-refractivity contribution < 1.29 is 0 Å². The molecule has 1 aromatic heterocycles. The average molecular weight is 230 g/mol. The molecule has 1 heterocycles. The van der Waals surface area contributed by atoms with Crippen molar-refractivity contribution in [2.24, 2.45) is 0 Å². The molecule has 1 saturated carbocycles. The molecular weight excluding hydrogens is 214 g/mol. The molecule has 0 aliphatic heterocycles. The van der Waals surface area contributed by atoms with E-state index in [4.69, 9.17) is 11.6 Å². The first-order valence-corrected chi connectivity index (χ1v) is 6.49. The SMILES string of the molecule is CNC1CCCCC1c1sccc1Cl. The quantitative estimate of drug-likeness (QED) is 0.817. The Bertz CT molecular complexity index is 297. The van der Waals surface area contributed by atoms with Gasteiger partial charge < -0.3 is 5.32 Å². The van der Waals surface area contributed by atoms with Crippen LogP contribution in [0.15, 0.2) is 11.4 Å². The number of hydrogen-bond donors (Lipinski definition) is 1. The van der Waals surface area contributed by atoms with Crippen LogP contribution in [0.3, 0.4) is 0 Å². The fraction of sp³-hybridized carbons (Fsp3) is 0.636. The number of likely N-dealkylation sites (N-methyl/N-ethyl adjacent to an activating group) is 1. The van der Waals surface area contributed by atoms with Crippen LogP contribution in [0.25, 0.3) is 0 Å². The van der Waals surface area contributed by atoms with Crippen molar-refractivity contribution in [3.8, 4) is 0 Å². The molecule has 0 spiro atoms. The molecule has 14 heavy (non-hydrogen) atoms. The summed E-state index contributed by atoms with van der Waals surface area (Å²) in [6, 6.07) is 2.64. The van der Waals surface area contributed by atoms with E-state index in [9.17, 15) is 0 Å². The molecular formula is C11H16ClNS. The Balaban J connectivity index is 2.19. The zero-order valence-electron chi connectivity index (χ0n) is 8.42. The highest BCUT2D eigenvalue weighted by atomic mass is 35.5. The van der Waals surface area contributed by atoms with Crippen LogP contribution >= 0.6 is 22.9 Å². The van der Waals surface area contributed by atoms with Gasteiger partial charge in [-0.15, -0.1) is 11.3 Å². The topological polar surface area (TPSA) is 12.0 Å². The molecule has 1 nitrogen and oxygen atoms in total. The van der Waals surface area contributed by atoms with Crippen molar-refractivity contribution in [2.75, 3.05) is 7.05 Å². The average Bonchev–Trinajstić information content (AvgIpc) is 2.64. The summed E-state index contributed by atoms with van der Waals surface area (Å²) in [6.45, 7) is 0. The fourth-order valence-corrected chi connectivity index (χ4v) is 3.76. The monoisotopic (exact) mass is 229 g/mol. The lowest BCUT2D eigenvalue weighted by Crippen LogP contribution is -2.34. The van der Waals surface area contributed by atoms with E-state index in [-0.39, 0.29) is 0 Å². The van der Waals surface area contributed by atoms with Gasteiger partial charge in [0, 0.05) is 16.8 Å². The van der Waals surface area contributed by atoms with Crippen LogP contribution in [-0.2, 0) is 0 Å². The molecule has 3 heteroatoms. The molecule has 0 radical (unpaired) electrons. The molecule has 1 aliphatic carbocycles. The lowest BCUT2D eigenvalue weighted by molar-refractivity contribution is 0.348. The lowest BCUT2D eigenvalue weighted by atomic mass is 9.83. The van der Waals surface area contributed by atoms with Gasteiger partial charge in [-0.1, -0.05) is 24.4 Å². The van der Waals surface area contributed by atoms with Crippen LogP contribution in [0.5, 0.6) is 0 Å². The maximum absolute atomic E-state index is 6.18. The van der Waals surface area contributed by atoms with Crippen molar-refractivity contribution in [3.05, 3.63) is 21.3 Å². The summed E-state index contributed by atoms with van der Waals surface area (Å²) < 4.78 is 0. The first-order valence-electron chi connectivity index (χ1n) is 5.23. The molecule has 1 aromatic rings. The van der Waals surface area contributed by atoms with Gasteiger partial charge in [0.05, 0.1) is 5.02 Å². The van der Waals surface area contributed by atoms with E-state index < -0.39 is 0 Å². The third-order valence-corrected chi connectivity index (χ3v) is 4.61. The molecule has 2 atom stereocenters. The third kappa shape index (κ3) is 1.97. The highest BCUT2D eigenvalue weighted by Gasteiger charge is 2.27. The minimum Gasteiger partial charge on any atom is -0.316 e. The number of hydrogen-bond acceptors (Lipinski definition) is 2. The summed E-state index contributed by atoms with van der Waals surface area (Å²) in [7, 11) is 2.06. The highest BCUT2D eigenvalue weighted by Crippen LogP contribution is 2.39. The van der Waals surface area contributed by atoms with E-state index in [1.165, 1.54) is 30.6 Å². The maximum Gasteiger partial charge on any atom is 0.0548 e. The molecule has 1 N–H and O–H groups in total. The minimum absolute atomic E-state index is 0.625. The van der Waals surface area contributed by atoms with Gasteiger partial charge in [-0.05, 0) is 31.3 Å². The highest BCUT2D eigenvalue weighted by molar-refractivity contribution is 7.10. The van der Waals surface area contributed by atoms with E-state index in [1.807, 2.05) is 6.07 Å². The van der Waals surface area contributed by atoms with Gasteiger partial charge in [-0.25, -0.2) is 0 Å². The van der Waals surface area contributed by atoms with Crippen molar-refractivity contribution in [2.45, 2.75) is 37.6 Å². The minimum atomic E-state index is 0.625. The van der Waals surface area contributed by atoms with Crippen LogP contribution in [0.2, 0.25) is 5.02 Å². The normalized spacial score (nSPS) is 27.9. The second-order valence-electron chi connectivity index (χ2n) is 3.92. The third-order valence-electron chi connectivity index (χ3n) is 3.12. The van der Waals surface area contributed by atoms with Crippen molar-refractivity contribution >= 4 is 22.9 Å². The maximum atomic E-state index is 6.18. The number of halogens is 1. The molecule has 0 saturated heterocycles. The van der Waals surface area contributed by atoms with Crippen molar-refractivity contribution in [1.82, 2.24) is 5.32 Å². The van der Waals surface area contributed by atoms with Gasteiger partial charge in [-0.3, -0.25) is 0 Å². The lowest BCUT2D eigenvalue weighted by Gasteiger charge is -2.30. The van der Waals surface area contributed by atoms with Crippen LogP contribution in [0, 0.1) is 0 Å². The van der Waals surface area contributed by atoms with E-state index >= 15 is 0 Å². The zero-order chi connectivity index (χ0) is 9.97. The van der Waals surface area contributed by atoms with Crippen LogP contribution in [0.1, 0.15) is 36.5 Å². The Morgan fingerprint density at radius 3 is 2.86 bits per heavy atom. The summed E-state index contributed by atoms with van der Waals surface area (Å²) in [5, 5.41) is 6.47. The van der Waals surface area contributed by atoms with Gasteiger partial charge in [0.2, 0.25) is 0 Å². The zero-order valence-corrected chi connectivity index (χ0v) is 10.00. The number of thiophene rings is 1. The molecule has 2 unspecified atom stereocenters. The summed E-state index contributed by atoms with van der Waals surface area (Å²) in [5.74, 6) is 0.640. The Hall–Kier alpha value is -0.0500. The molecule has 1 fully saturated rings. The standard InChI is InChI=1S/C11H16ClNS/c1-13-10-5-3-2-4-8(10)11-9(12)6-7-14-11/h6-8,10,13H,2-5H2,1H3. The van der Waals surface area contributed by atoms with Gasteiger partial charge >= 0.3 is 0 Å². The molecule has 0 bridgehead atoms. The molecule has 1 aliphatic rings. The summed E-state index contributed by atoms with van der Waals surface area (Å²) in [5.41, 5.74) is 0. The van der Waals surface area contributed by atoms with Gasteiger partial charge in [0.25, 0.3) is 0 Å². The Kier molecular flexibility index (Phi) is 3.47. The molecule has 78 valence electrons. The number of nitrogens with one attached hydrogen (secondary N) is 1. The van der Waals surface area contributed by atoms with E-state index in [0.717, 1.165) is 5.02 Å². The van der Waals surface area contributed by atoms with Crippen LogP contribution in [0.4, 0.5) is 0 Å². The summed E-state index contributed by atoms with van der Waals surface area (Å²) >= 11 is 7.98. The van der Waals surface area contributed by atoms with Crippen molar-refractivity contribution in [1.29, 1.82) is 0 Å². The van der Waals surface area contributed by atoms with E-state index in [1.54, 1.807) is 11.3 Å². The second kappa shape index (κ2) is 4.65. The van der Waals surface area contributed by atoms with Gasteiger partial charge in [0.15, 0.2) is 0 Å². The Morgan fingerprint density at radius 1 is 1.43 bits per heavy atom. The van der Waals surface area contributed by atoms with Gasteiger partial charge in [-0.2, -0.15) is 0 Å². The van der Waals surface area contributed by atoms with Crippen LogP contribution < -0.4 is 5.32 Å². The number of rotatable bonds is 2. The first kappa shape index (κ1) is 10.5. The van der Waals surface area contributed by atoms with E-state index in [2.05, 4.69) is 17.7 Å². The molecule has 0 amide bonds. The smallest absolute Gasteiger partial charge is 0.0548 e. The summed E-state index contributed by atoms with van der Waals surface area (Å²) in [4.78, 5) is 1.38. The largest absolute Gasteiger partial charge is 0.316 e. The molecule has 0 aromatic carbocycles. The predicted molar refractivity (Wildman–Crippen MR) is 63.4 cm³/mol. The Labute approximate surface area is 94.5 Å². The fourth-order valence-electron chi connectivity index (χ4n) is 2.36. The van der Waals surface area contributed by atoms with Gasteiger partial charge in [0.1, 0.15) is 0 Å².